The lowest BCUT2D eigenvalue weighted by atomic mass is 9.77. The molecule has 0 bridgehead atoms. The highest BCUT2D eigenvalue weighted by atomic mass is 16.7. The molecule has 1 unspecified atom stereocenters. The maximum absolute atomic E-state index is 6.45. The Morgan fingerprint density at radius 2 is 1.80 bits per heavy atom. The smallest absolute Gasteiger partial charge is 0.184 e. The van der Waals surface area contributed by atoms with Gasteiger partial charge in [-0.25, -0.2) is 0 Å². The molecule has 3 nitrogen and oxygen atoms in total. The molecule has 0 amide bonds. The molecule has 0 N–H and O–H groups in total. The number of fused-ring (bicyclic) bond motifs is 2. The molecule has 0 radical (unpaired) electrons. The second kappa shape index (κ2) is 7.38. The van der Waals surface area contributed by atoms with Crippen LogP contribution in [0.25, 0.3) is 0 Å². The van der Waals surface area contributed by atoms with Gasteiger partial charge in [0.25, 0.3) is 0 Å². The fourth-order valence-electron chi connectivity index (χ4n) is 5.45. The Morgan fingerprint density at radius 1 is 1.08 bits per heavy atom. The van der Waals surface area contributed by atoms with Gasteiger partial charge < -0.3 is 14.4 Å². The molecule has 1 aromatic carbocycles. The van der Waals surface area contributed by atoms with Crippen LogP contribution in [0.4, 0.5) is 0 Å². The Kier molecular flexibility index (Phi) is 5.17. The van der Waals surface area contributed by atoms with Crippen molar-refractivity contribution in [2.24, 2.45) is 5.92 Å². The summed E-state index contributed by atoms with van der Waals surface area (Å²) in [7, 11) is 4.10. The molecule has 1 heterocycles. The molecule has 1 spiro atoms. The van der Waals surface area contributed by atoms with Crippen molar-refractivity contribution in [1.82, 2.24) is 4.90 Å². The Hall–Kier alpha value is -0.900. The van der Waals surface area contributed by atoms with Crippen LogP contribution in [0.15, 0.2) is 24.3 Å². The number of rotatable bonds is 4. The molecule has 1 aliphatic heterocycles. The maximum atomic E-state index is 6.45. The van der Waals surface area contributed by atoms with E-state index >= 15 is 0 Å². The summed E-state index contributed by atoms with van der Waals surface area (Å²) in [5.74, 6) is 0.927. The van der Waals surface area contributed by atoms with E-state index in [1.54, 1.807) is 7.11 Å². The van der Waals surface area contributed by atoms with Gasteiger partial charge in [-0.1, -0.05) is 43.5 Å². The molecule has 0 aromatic heterocycles. The first-order chi connectivity index (χ1) is 12.2. The highest BCUT2D eigenvalue weighted by Gasteiger charge is 2.47. The molecule has 3 aliphatic rings. The zero-order valence-corrected chi connectivity index (χ0v) is 15.9. The van der Waals surface area contributed by atoms with Crippen LogP contribution < -0.4 is 0 Å². The lowest BCUT2D eigenvalue weighted by molar-refractivity contribution is -0.201. The van der Waals surface area contributed by atoms with Crippen LogP contribution >= 0.6 is 0 Å². The second-order valence-corrected chi connectivity index (χ2v) is 8.44. The molecule has 1 aromatic rings. The largest absolute Gasteiger partial charge is 0.352 e. The molecule has 1 atom stereocenters. The van der Waals surface area contributed by atoms with Crippen molar-refractivity contribution in [3.63, 3.8) is 0 Å². The number of benzene rings is 1. The average molecular weight is 344 g/mol. The van der Waals surface area contributed by atoms with E-state index in [0.29, 0.717) is 6.04 Å². The fourth-order valence-corrected chi connectivity index (χ4v) is 5.45. The van der Waals surface area contributed by atoms with Gasteiger partial charge in [0.1, 0.15) is 0 Å². The molecule has 3 heteroatoms. The van der Waals surface area contributed by atoms with Gasteiger partial charge >= 0.3 is 0 Å². The summed E-state index contributed by atoms with van der Waals surface area (Å²) in [4.78, 5) is 2.65. The Morgan fingerprint density at radius 3 is 2.52 bits per heavy atom. The van der Waals surface area contributed by atoms with Gasteiger partial charge in [0, 0.05) is 25.3 Å². The number of hydrogen-bond donors (Lipinski definition) is 0. The van der Waals surface area contributed by atoms with E-state index in [1.165, 1.54) is 62.6 Å². The van der Waals surface area contributed by atoms with Crippen LogP contribution in [0.5, 0.6) is 0 Å². The minimum absolute atomic E-state index is 0.112. The number of nitrogens with zero attached hydrogens (tertiary/aromatic N) is 1. The molecule has 2 fully saturated rings. The third-order valence-corrected chi connectivity index (χ3v) is 6.91. The van der Waals surface area contributed by atoms with Crippen molar-refractivity contribution >= 4 is 0 Å². The van der Waals surface area contributed by atoms with E-state index in [-0.39, 0.29) is 11.9 Å². The SMILES string of the molecule is COC1OC2(CCC(N(C)CC3CCCCC3)CC2)c2ccccc21. The van der Waals surface area contributed by atoms with E-state index in [2.05, 4.69) is 36.2 Å². The molecule has 4 rings (SSSR count). The van der Waals surface area contributed by atoms with Gasteiger partial charge in [-0.05, 0) is 57.1 Å². The predicted molar refractivity (Wildman–Crippen MR) is 100 cm³/mol. The van der Waals surface area contributed by atoms with E-state index in [1.807, 2.05) is 0 Å². The topological polar surface area (TPSA) is 21.7 Å². The number of ether oxygens (including phenoxy) is 2. The van der Waals surface area contributed by atoms with Crippen LogP contribution in [-0.4, -0.2) is 31.6 Å². The summed E-state index contributed by atoms with van der Waals surface area (Å²) < 4.78 is 12.1. The predicted octanol–water partition coefficient (Wildman–Crippen LogP) is 5.01. The summed E-state index contributed by atoms with van der Waals surface area (Å²) in [5.41, 5.74) is 2.49. The van der Waals surface area contributed by atoms with Crippen molar-refractivity contribution < 1.29 is 9.47 Å². The lowest BCUT2D eigenvalue weighted by Crippen LogP contribution is -2.42. The summed E-state index contributed by atoms with van der Waals surface area (Å²) in [5, 5.41) is 0. The Bertz CT molecular complexity index is 573. The monoisotopic (exact) mass is 343 g/mol. The minimum Gasteiger partial charge on any atom is -0.352 e. The van der Waals surface area contributed by atoms with Crippen LogP contribution in [-0.2, 0) is 15.1 Å². The van der Waals surface area contributed by atoms with Gasteiger partial charge in [0.05, 0.1) is 5.60 Å². The quantitative estimate of drug-likeness (QED) is 0.767. The van der Waals surface area contributed by atoms with E-state index in [0.717, 1.165) is 18.8 Å². The first kappa shape index (κ1) is 17.5. The van der Waals surface area contributed by atoms with Crippen LogP contribution in [0.2, 0.25) is 0 Å². The summed E-state index contributed by atoms with van der Waals surface area (Å²) in [6.45, 7) is 1.29. The first-order valence-electron chi connectivity index (χ1n) is 10.2. The van der Waals surface area contributed by atoms with Gasteiger partial charge in [0.2, 0.25) is 0 Å². The van der Waals surface area contributed by atoms with Crippen molar-refractivity contribution in [3.8, 4) is 0 Å². The van der Waals surface area contributed by atoms with Crippen molar-refractivity contribution in [3.05, 3.63) is 35.4 Å². The molecule has 0 saturated heterocycles. The Balaban J connectivity index is 1.39. The number of hydrogen-bond acceptors (Lipinski definition) is 3. The Labute approximate surface area is 152 Å². The highest BCUT2D eigenvalue weighted by molar-refractivity contribution is 5.37. The van der Waals surface area contributed by atoms with Crippen LogP contribution in [0.3, 0.4) is 0 Å². The minimum atomic E-state index is -0.187. The van der Waals surface area contributed by atoms with Gasteiger partial charge in [0.15, 0.2) is 6.29 Å². The molecule has 25 heavy (non-hydrogen) atoms. The summed E-state index contributed by atoms with van der Waals surface area (Å²) in [6, 6.07) is 9.37. The highest BCUT2D eigenvalue weighted by Crippen LogP contribution is 2.51. The standard InChI is InChI=1S/C22H33NO2/c1-23(16-17-8-4-3-5-9-17)18-12-14-22(15-13-18)20-11-7-6-10-19(20)21(24-2)25-22/h6-7,10-11,17-18,21H,3-5,8-9,12-16H2,1-2H3. The summed E-state index contributed by atoms with van der Waals surface area (Å²) >= 11 is 0. The zero-order valence-electron chi connectivity index (χ0n) is 15.9. The molecular weight excluding hydrogens is 310 g/mol. The average Bonchev–Trinajstić information content (AvgIpc) is 2.97. The van der Waals surface area contributed by atoms with Crippen LogP contribution in [0.1, 0.15) is 75.2 Å². The van der Waals surface area contributed by atoms with Gasteiger partial charge in [-0.3, -0.25) is 0 Å². The fraction of sp³-hybridized carbons (Fsp3) is 0.727. The first-order valence-corrected chi connectivity index (χ1v) is 10.2. The molecule has 2 saturated carbocycles. The third kappa shape index (κ3) is 3.39. The molecule has 138 valence electrons. The van der Waals surface area contributed by atoms with E-state index in [4.69, 9.17) is 9.47 Å². The van der Waals surface area contributed by atoms with Gasteiger partial charge in [-0.2, -0.15) is 0 Å². The maximum Gasteiger partial charge on any atom is 0.184 e. The molecule has 2 aliphatic carbocycles. The third-order valence-electron chi connectivity index (χ3n) is 6.91. The zero-order chi connectivity index (χ0) is 17.3. The normalized spacial score (nSPS) is 33.1. The molecular formula is C22H33NO2. The van der Waals surface area contributed by atoms with Crippen LogP contribution in [0, 0.1) is 5.92 Å². The van der Waals surface area contributed by atoms with E-state index < -0.39 is 0 Å². The number of methoxy groups -OCH3 is 1. The van der Waals surface area contributed by atoms with Crippen molar-refractivity contribution in [2.75, 3.05) is 20.7 Å². The van der Waals surface area contributed by atoms with E-state index in [9.17, 15) is 0 Å². The van der Waals surface area contributed by atoms with Gasteiger partial charge in [-0.15, -0.1) is 0 Å². The second-order valence-electron chi connectivity index (χ2n) is 8.44. The van der Waals surface area contributed by atoms with Crippen molar-refractivity contribution in [1.29, 1.82) is 0 Å². The van der Waals surface area contributed by atoms with Crippen molar-refractivity contribution in [2.45, 2.75) is 75.7 Å². The lowest BCUT2D eigenvalue weighted by Gasteiger charge is -2.41. The summed E-state index contributed by atoms with van der Waals surface area (Å²) in [6.07, 6.45) is 11.7.